The molecule has 1 aromatic carbocycles. The number of carboxylic acid groups (broad SMARTS) is 2. The second-order valence-electron chi connectivity index (χ2n) is 10.2. The molecule has 1 fully saturated rings. The topological polar surface area (TPSA) is 327 Å². The lowest BCUT2D eigenvalue weighted by Crippen LogP contribution is -2.92. The lowest BCUT2D eigenvalue weighted by molar-refractivity contribution is -0.689. The van der Waals surface area contributed by atoms with Crippen molar-refractivity contribution in [3.05, 3.63) is 35.4 Å². The Labute approximate surface area is 225 Å². The van der Waals surface area contributed by atoms with E-state index in [9.17, 15) is 19.8 Å². The van der Waals surface area contributed by atoms with E-state index in [2.05, 4.69) is 62.8 Å². The number of rotatable bonds is 2. The van der Waals surface area contributed by atoms with Gasteiger partial charge >= 0.3 is 0 Å². The molecule has 0 spiro atoms. The summed E-state index contributed by atoms with van der Waals surface area (Å²) in [6.45, 7) is 18.5. The first-order chi connectivity index (χ1) is 14.8. The van der Waals surface area contributed by atoms with Crippen molar-refractivity contribution < 1.29 is 63.3 Å². The second-order valence-corrected chi connectivity index (χ2v) is 10.2. The average Bonchev–Trinajstić information content (AvgIpc) is 2.68. The molecule has 0 saturated carbocycles. The summed E-state index contributed by atoms with van der Waals surface area (Å²) >= 11 is 0. The Hall–Kier alpha value is -2.24. The van der Waals surface area contributed by atoms with Gasteiger partial charge in [0, 0.05) is 37.0 Å². The number of aromatic carboxylic acids is 2. The first-order valence-electron chi connectivity index (χ1n) is 11.5. The first kappa shape index (κ1) is 48.8. The molecule has 14 heteroatoms. The van der Waals surface area contributed by atoms with Crippen molar-refractivity contribution in [3.8, 4) is 0 Å². The Morgan fingerprint density at radius 3 is 1.18 bits per heavy atom. The monoisotopic (exact) mass is 558 g/mol. The summed E-state index contributed by atoms with van der Waals surface area (Å²) < 4.78 is 0. The Morgan fingerprint density at radius 1 is 0.684 bits per heavy atom. The van der Waals surface area contributed by atoms with E-state index < -0.39 is 11.9 Å². The van der Waals surface area contributed by atoms with Crippen LogP contribution in [0.3, 0.4) is 0 Å². The van der Waals surface area contributed by atoms with Crippen LogP contribution >= 0.6 is 0 Å². The van der Waals surface area contributed by atoms with Crippen LogP contribution in [0.5, 0.6) is 0 Å². The van der Waals surface area contributed by atoms with Crippen molar-refractivity contribution in [2.75, 3.05) is 26.2 Å². The molecule has 18 N–H and O–H groups in total. The van der Waals surface area contributed by atoms with Gasteiger partial charge in [0.25, 0.3) is 0 Å². The predicted molar refractivity (Wildman–Crippen MR) is 143 cm³/mol. The van der Waals surface area contributed by atoms with Crippen LogP contribution in [-0.4, -0.2) is 94.1 Å². The Morgan fingerprint density at radius 2 is 0.947 bits per heavy atom. The summed E-state index contributed by atoms with van der Waals surface area (Å²) in [5.74, 6) is -2.67. The minimum absolute atomic E-state index is 0. The van der Waals surface area contributed by atoms with Gasteiger partial charge in [0.1, 0.15) is 0 Å². The van der Waals surface area contributed by atoms with Gasteiger partial charge in [-0.2, -0.15) is 0 Å². The van der Waals surface area contributed by atoms with Crippen molar-refractivity contribution >= 4 is 11.9 Å². The summed E-state index contributed by atoms with van der Waals surface area (Å²) in [6.07, 6.45) is 2.43. The largest absolute Gasteiger partial charge is 0.545 e. The molecule has 14 nitrogen and oxygen atoms in total. The maximum absolute atomic E-state index is 10.2. The van der Waals surface area contributed by atoms with Gasteiger partial charge in [-0.25, -0.2) is 0 Å². The molecule has 0 amide bonds. The third-order valence-electron chi connectivity index (χ3n) is 5.65. The van der Waals surface area contributed by atoms with E-state index >= 15 is 0 Å². The second kappa shape index (κ2) is 22.7. The van der Waals surface area contributed by atoms with Crippen LogP contribution < -0.4 is 31.5 Å². The fourth-order valence-corrected chi connectivity index (χ4v) is 4.22. The van der Waals surface area contributed by atoms with Gasteiger partial charge in [0.15, 0.2) is 0 Å². The molecular weight excluding hydrogens is 504 g/mol. The number of carboxylic acids is 2. The quantitative estimate of drug-likeness (QED) is 0.273. The molecule has 2 rings (SSSR count). The fourth-order valence-electron chi connectivity index (χ4n) is 4.22. The summed E-state index contributed by atoms with van der Waals surface area (Å²) in [5, 5.41) is 32.8. The highest BCUT2D eigenvalue weighted by atomic mass is 16.4. The minimum atomic E-state index is -1.33. The van der Waals surface area contributed by atoms with Crippen LogP contribution in [0.15, 0.2) is 24.3 Å². The highest BCUT2D eigenvalue weighted by Gasteiger charge is 2.25. The molecule has 38 heavy (non-hydrogen) atoms. The molecule has 0 aromatic heterocycles. The highest BCUT2D eigenvalue weighted by Crippen LogP contribution is 2.10. The van der Waals surface area contributed by atoms with Crippen LogP contribution in [-0.2, 0) is 0 Å². The third kappa shape index (κ3) is 20.8. The predicted octanol–water partition coefficient (Wildman–Crippen LogP) is -7.11. The van der Waals surface area contributed by atoms with Crippen molar-refractivity contribution in [2.45, 2.75) is 77.5 Å². The lowest BCUT2D eigenvalue weighted by Gasteiger charge is -2.31. The van der Waals surface area contributed by atoms with Gasteiger partial charge in [-0.15, -0.1) is 0 Å². The molecule has 0 radical (unpaired) electrons. The van der Waals surface area contributed by atoms with Crippen LogP contribution in [0, 0.1) is 0 Å². The number of benzene rings is 1. The van der Waals surface area contributed by atoms with Crippen molar-refractivity contribution in [1.29, 1.82) is 0 Å². The van der Waals surface area contributed by atoms with Crippen LogP contribution in [0.25, 0.3) is 0 Å². The van der Waals surface area contributed by atoms with E-state index in [4.69, 9.17) is 0 Å². The Bertz CT molecular complexity index is 672. The van der Waals surface area contributed by atoms with Gasteiger partial charge in [0.2, 0.25) is 0 Å². The zero-order chi connectivity index (χ0) is 24.4. The number of nitrogens with two attached hydrogens (primary N) is 2. The molecule has 1 aliphatic heterocycles. The first-order valence-corrected chi connectivity index (χ1v) is 11.5. The fraction of sp³-hybridized carbons (Fsp3) is 0.667. The van der Waals surface area contributed by atoms with Crippen molar-refractivity contribution in [1.82, 2.24) is 10.6 Å². The van der Waals surface area contributed by atoms with E-state index in [1.54, 1.807) is 0 Å². The van der Waals surface area contributed by atoms with Gasteiger partial charge in [-0.3, -0.25) is 0 Å². The molecule has 1 aliphatic rings. The lowest BCUT2D eigenvalue weighted by atomic mass is 9.94. The molecule has 0 unspecified atom stereocenters. The van der Waals surface area contributed by atoms with Crippen molar-refractivity contribution in [3.63, 3.8) is 0 Å². The maximum atomic E-state index is 10.2. The SMILES string of the molecule is C[C@@H]1CC(C)(C)NCC[NH2+][C@@H](C)CC(C)(C)NCC[NH2+]1.O.O.O.O.O.O.O=C([O-])c1ccc(C(=O)[O-])cc1. The molecule has 0 aliphatic carbocycles. The summed E-state index contributed by atoms with van der Waals surface area (Å²) in [5.41, 5.74) is 0.369. The Kier molecular flexibility index (Phi) is 29.2. The molecule has 1 heterocycles. The van der Waals surface area contributed by atoms with Gasteiger partial charge < -0.3 is 73.9 Å². The van der Waals surface area contributed by atoms with Crippen molar-refractivity contribution in [2.24, 2.45) is 0 Å². The smallest absolute Gasteiger partial charge is 0.0884 e. The average molecular weight is 559 g/mol. The molecule has 230 valence electrons. The number of carbonyl (C=O) groups is 2. The molecular formula is C24H54N4O10. The zero-order valence-corrected chi connectivity index (χ0v) is 23.5. The molecule has 2 atom stereocenters. The van der Waals surface area contributed by atoms with Crippen LogP contribution in [0.4, 0.5) is 0 Å². The number of hydrogen-bond acceptors (Lipinski definition) is 6. The standard InChI is InChI=1S/C16H36N4.C8H6O4.6H2O/c1-13-11-15(3,4)19-10-8-18-14(2)12-16(5,6)20-9-7-17-13;9-7(10)5-1-2-6(4-3-5)8(11)12;;;;;;/h13-14,17-20H,7-12H2,1-6H3;1-4H,(H,9,10)(H,11,12);6*1H2/t13-,14+;;;;;;;. The number of quaternary nitrogens is 2. The summed E-state index contributed by atoms with van der Waals surface area (Å²) in [6, 6.07) is 5.96. The number of hydrogen-bond donors (Lipinski definition) is 4. The van der Waals surface area contributed by atoms with E-state index in [0.717, 1.165) is 37.4 Å². The molecule has 1 saturated heterocycles. The van der Waals surface area contributed by atoms with Crippen LogP contribution in [0.1, 0.15) is 75.1 Å². The van der Waals surface area contributed by atoms with Crippen LogP contribution in [0.2, 0.25) is 0 Å². The number of nitrogens with one attached hydrogen (secondary N) is 2. The number of carbonyl (C=O) groups excluding carboxylic acids is 2. The Balaban J connectivity index is -0.000000126. The van der Waals surface area contributed by atoms with E-state index in [-0.39, 0.29) is 55.1 Å². The van der Waals surface area contributed by atoms with E-state index in [0.29, 0.717) is 12.1 Å². The minimum Gasteiger partial charge on any atom is -0.545 e. The van der Waals surface area contributed by atoms with E-state index in [1.807, 2.05) is 0 Å². The third-order valence-corrected chi connectivity index (χ3v) is 5.65. The highest BCUT2D eigenvalue weighted by molar-refractivity contribution is 5.89. The van der Waals surface area contributed by atoms with Gasteiger partial charge in [-0.1, -0.05) is 24.3 Å². The zero-order valence-electron chi connectivity index (χ0n) is 23.5. The van der Waals surface area contributed by atoms with E-state index in [1.165, 1.54) is 25.9 Å². The normalized spacial score (nSPS) is 20.5. The summed E-state index contributed by atoms with van der Waals surface area (Å²) in [4.78, 5) is 20.4. The molecule has 1 aromatic rings. The van der Waals surface area contributed by atoms with Gasteiger partial charge in [-0.05, 0) is 52.7 Å². The van der Waals surface area contributed by atoms with Gasteiger partial charge in [0.05, 0.1) is 37.1 Å². The summed E-state index contributed by atoms with van der Waals surface area (Å²) in [7, 11) is 0. The maximum Gasteiger partial charge on any atom is 0.0884 e. The molecule has 0 bridgehead atoms.